The van der Waals surface area contributed by atoms with E-state index in [1.165, 1.54) is 22.8 Å². The molecular weight excluding hydrogens is 424 g/mol. The second kappa shape index (κ2) is 8.37. The van der Waals surface area contributed by atoms with E-state index in [4.69, 9.17) is 27.5 Å². The summed E-state index contributed by atoms with van der Waals surface area (Å²) in [6.07, 6.45) is 2.11. The molecule has 8 nitrogen and oxygen atoms in total. The number of hydrogen-bond donors (Lipinski definition) is 2. The number of aromatic nitrogens is 2. The zero-order valence-corrected chi connectivity index (χ0v) is 17.6. The van der Waals surface area contributed by atoms with Gasteiger partial charge in [0.05, 0.1) is 17.2 Å². The summed E-state index contributed by atoms with van der Waals surface area (Å²) in [7, 11) is 0. The Kier molecular flexibility index (Phi) is 5.65. The van der Waals surface area contributed by atoms with Gasteiger partial charge in [-0.3, -0.25) is 4.79 Å². The fraction of sp³-hybridized carbons (Fsp3) is 0.200. The number of nitrogen functional groups attached to an aromatic ring is 2. The SMILES string of the molecule is C[C@@H](Sc1nc(N)cc(N)n1)C(=O)N1N=C(c2ccc(Cl)cc2)C[C@@H]1c1ccco1. The van der Waals surface area contributed by atoms with E-state index in [-0.39, 0.29) is 23.6 Å². The first-order valence-electron chi connectivity index (χ1n) is 9.17. The van der Waals surface area contributed by atoms with Crippen LogP contribution in [0.15, 0.2) is 63.4 Å². The summed E-state index contributed by atoms with van der Waals surface area (Å²) in [6.45, 7) is 1.77. The normalized spacial score (nSPS) is 17.1. The highest BCUT2D eigenvalue weighted by molar-refractivity contribution is 8.00. The number of halogens is 1. The Labute approximate surface area is 182 Å². The molecule has 1 amide bonds. The number of thioether (sulfide) groups is 1. The minimum Gasteiger partial charge on any atom is -0.467 e. The minimum atomic E-state index is -0.517. The lowest BCUT2D eigenvalue weighted by Gasteiger charge is -2.22. The van der Waals surface area contributed by atoms with Crippen molar-refractivity contribution in [2.75, 3.05) is 11.5 Å². The predicted molar refractivity (Wildman–Crippen MR) is 117 cm³/mol. The quantitative estimate of drug-likeness (QED) is 0.455. The number of furan rings is 1. The number of anilines is 2. The highest BCUT2D eigenvalue weighted by Gasteiger charge is 2.37. The van der Waals surface area contributed by atoms with E-state index in [0.717, 1.165) is 11.3 Å². The maximum absolute atomic E-state index is 13.3. The van der Waals surface area contributed by atoms with Gasteiger partial charge in [-0.2, -0.15) is 5.10 Å². The number of carbonyl (C=O) groups excluding carboxylic acids is 1. The van der Waals surface area contributed by atoms with Gasteiger partial charge in [-0.1, -0.05) is 35.5 Å². The van der Waals surface area contributed by atoms with Crippen molar-refractivity contribution >= 4 is 46.6 Å². The number of nitrogens with zero attached hydrogens (tertiary/aromatic N) is 4. The fourth-order valence-electron chi connectivity index (χ4n) is 3.14. The van der Waals surface area contributed by atoms with E-state index >= 15 is 0 Å². The molecule has 0 saturated heterocycles. The van der Waals surface area contributed by atoms with Crippen molar-refractivity contribution in [2.45, 2.75) is 29.8 Å². The van der Waals surface area contributed by atoms with Gasteiger partial charge < -0.3 is 15.9 Å². The molecule has 0 aliphatic carbocycles. The van der Waals surface area contributed by atoms with Crippen LogP contribution in [-0.2, 0) is 4.79 Å². The Morgan fingerprint density at radius 3 is 2.57 bits per heavy atom. The van der Waals surface area contributed by atoms with Crippen molar-refractivity contribution < 1.29 is 9.21 Å². The van der Waals surface area contributed by atoms with Crippen molar-refractivity contribution in [1.82, 2.24) is 15.0 Å². The fourth-order valence-corrected chi connectivity index (χ4v) is 4.11. The summed E-state index contributed by atoms with van der Waals surface area (Å²) in [4.78, 5) is 21.5. The zero-order valence-electron chi connectivity index (χ0n) is 16.0. The van der Waals surface area contributed by atoms with Crippen molar-refractivity contribution in [3.05, 3.63) is 65.1 Å². The maximum atomic E-state index is 13.3. The summed E-state index contributed by atoms with van der Waals surface area (Å²) in [5.41, 5.74) is 13.1. The van der Waals surface area contributed by atoms with E-state index in [1.54, 1.807) is 31.4 Å². The van der Waals surface area contributed by atoms with Crippen LogP contribution in [0.3, 0.4) is 0 Å². The topological polar surface area (TPSA) is 124 Å². The average molecular weight is 443 g/mol. The summed E-state index contributed by atoms with van der Waals surface area (Å²) < 4.78 is 5.58. The smallest absolute Gasteiger partial charge is 0.256 e. The Morgan fingerprint density at radius 1 is 1.23 bits per heavy atom. The monoisotopic (exact) mass is 442 g/mol. The molecule has 0 fully saturated rings. The Bertz CT molecular complexity index is 1070. The molecule has 2 atom stereocenters. The van der Waals surface area contributed by atoms with Crippen LogP contribution in [0, 0.1) is 0 Å². The third-order valence-corrected chi connectivity index (χ3v) is 5.76. The van der Waals surface area contributed by atoms with Crippen LogP contribution in [0.25, 0.3) is 0 Å². The second-order valence-corrected chi connectivity index (χ2v) is 8.48. The highest BCUT2D eigenvalue weighted by atomic mass is 35.5. The summed E-state index contributed by atoms with van der Waals surface area (Å²) >= 11 is 7.17. The lowest BCUT2D eigenvalue weighted by atomic mass is 10.0. The number of nitrogens with two attached hydrogens (primary N) is 2. The maximum Gasteiger partial charge on any atom is 0.256 e. The molecule has 2 aromatic heterocycles. The number of rotatable bonds is 5. The van der Waals surface area contributed by atoms with Crippen LogP contribution in [0.5, 0.6) is 0 Å². The number of carbonyl (C=O) groups is 1. The summed E-state index contributed by atoms with van der Waals surface area (Å²) in [6, 6.07) is 12.1. The Hall–Kier alpha value is -3.04. The van der Waals surface area contributed by atoms with E-state index < -0.39 is 5.25 Å². The number of benzene rings is 1. The van der Waals surface area contributed by atoms with Gasteiger partial charge in [-0.05, 0) is 36.8 Å². The lowest BCUT2D eigenvalue weighted by molar-refractivity contribution is -0.132. The van der Waals surface area contributed by atoms with Gasteiger partial charge in [0, 0.05) is 17.5 Å². The third kappa shape index (κ3) is 4.27. The van der Waals surface area contributed by atoms with Gasteiger partial charge in [0.25, 0.3) is 5.91 Å². The predicted octanol–water partition coefficient (Wildman–Crippen LogP) is 3.75. The van der Waals surface area contributed by atoms with Crippen LogP contribution in [0.2, 0.25) is 5.02 Å². The molecule has 154 valence electrons. The minimum absolute atomic E-state index is 0.199. The Balaban J connectivity index is 1.60. The molecule has 0 unspecified atom stereocenters. The second-order valence-electron chi connectivity index (χ2n) is 6.73. The standard InChI is InChI=1S/C20H19ClN6O2S/c1-11(30-20-24-17(22)10-18(23)25-20)19(28)27-15(16-3-2-8-29-16)9-14(26-27)12-4-6-13(21)7-5-12/h2-8,10-11,15H,9H2,1H3,(H4,22,23,24,25)/t11-,15-/m1/s1. The van der Waals surface area contributed by atoms with Gasteiger partial charge >= 0.3 is 0 Å². The van der Waals surface area contributed by atoms with E-state index in [1.807, 2.05) is 18.2 Å². The van der Waals surface area contributed by atoms with Crippen molar-refractivity contribution in [3.8, 4) is 0 Å². The molecule has 3 heterocycles. The molecule has 1 aliphatic rings. The molecule has 3 aromatic rings. The van der Waals surface area contributed by atoms with Gasteiger partial charge in [-0.25, -0.2) is 15.0 Å². The van der Waals surface area contributed by atoms with E-state index in [2.05, 4.69) is 15.1 Å². The van der Waals surface area contributed by atoms with Crippen LogP contribution in [0.4, 0.5) is 11.6 Å². The molecule has 0 radical (unpaired) electrons. The van der Waals surface area contributed by atoms with Crippen molar-refractivity contribution in [1.29, 1.82) is 0 Å². The molecular formula is C20H19ClN6O2S. The number of amides is 1. The van der Waals surface area contributed by atoms with Crippen LogP contribution in [-0.4, -0.2) is 31.8 Å². The molecule has 0 saturated carbocycles. The molecule has 0 spiro atoms. The van der Waals surface area contributed by atoms with Gasteiger partial charge in [-0.15, -0.1) is 0 Å². The van der Waals surface area contributed by atoms with Crippen LogP contribution < -0.4 is 11.5 Å². The average Bonchev–Trinajstić information content (AvgIpc) is 3.37. The van der Waals surface area contributed by atoms with Crippen LogP contribution in [0.1, 0.15) is 30.7 Å². The molecule has 30 heavy (non-hydrogen) atoms. The zero-order chi connectivity index (χ0) is 21.3. The van der Waals surface area contributed by atoms with Gasteiger partial charge in [0.1, 0.15) is 23.4 Å². The van der Waals surface area contributed by atoms with Crippen molar-refractivity contribution in [3.63, 3.8) is 0 Å². The van der Waals surface area contributed by atoms with Gasteiger partial charge in [0.2, 0.25) is 0 Å². The molecule has 1 aromatic carbocycles. The molecule has 4 rings (SSSR count). The molecule has 0 bridgehead atoms. The summed E-state index contributed by atoms with van der Waals surface area (Å²) in [5, 5.41) is 6.54. The van der Waals surface area contributed by atoms with Gasteiger partial charge in [0.15, 0.2) is 5.16 Å². The molecule has 4 N–H and O–H groups in total. The molecule has 1 aliphatic heterocycles. The summed E-state index contributed by atoms with van der Waals surface area (Å²) in [5.74, 6) is 0.970. The van der Waals surface area contributed by atoms with Crippen molar-refractivity contribution in [2.24, 2.45) is 5.10 Å². The lowest BCUT2D eigenvalue weighted by Crippen LogP contribution is -2.33. The molecule has 10 heteroatoms. The third-order valence-electron chi connectivity index (χ3n) is 4.56. The number of hydrogen-bond acceptors (Lipinski definition) is 8. The first-order chi connectivity index (χ1) is 14.4. The van der Waals surface area contributed by atoms with E-state index in [9.17, 15) is 4.79 Å². The van der Waals surface area contributed by atoms with E-state index in [0.29, 0.717) is 22.4 Å². The Morgan fingerprint density at radius 2 is 1.93 bits per heavy atom. The first-order valence-corrected chi connectivity index (χ1v) is 10.4. The first kappa shape index (κ1) is 20.2. The number of hydrazone groups is 1. The highest BCUT2D eigenvalue weighted by Crippen LogP contribution is 2.35. The largest absolute Gasteiger partial charge is 0.467 e. The van der Waals surface area contributed by atoms with Crippen LogP contribution >= 0.6 is 23.4 Å².